The Bertz CT molecular complexity index is 1120. The van der Waals surface area contributed by atoms with E-state index in [0.717, 1.165) is 11.3 Å². The van der Waals surface area contributed by atoms with Crippen molar-refractivity contribution in [2.24, 2.45) is 0 Å². The van der Waals surface area contributed by atoms with Crippen molar-refractivity contribution < 1.29 is 9.53 Å². The van der Waals surface area contributed by atoms with E-state index in [9.17, 15) is 4.79 Å². The van der Waals surface area contributed by atoms with Gasteiger partial charge < -0.3 is 14.6 Å². The molecular weight excluding hydrogens is 400 g/mol. The highest BCUT2D eigenvalue weighted by Gasteiger charge is 2.14. The maximum Gasteiger partial charge on any atom is 0.272 e. The summed E-state index contributed by atoms with van der Waals surface area (Å²) >= 11 is 5.95. The average molecular weight is 421 g/mol. The van der Waals surface area contributed by atoms with Gasteiger partial charge in [-0.3, -0.25) is 4.79 Å². The third kappa shape index (κ3) is 4.72. The molecule has 1 N–H and O–H groups in total. The first kappa shape index (κ1) is 19.8. The van der Waals surface area contributed by atoms with Crippen molar-refractivity contribution in [1.82, 2.24) is 19.7 Å². The summed E-state index contributed by atoms with van der Waals surface area (Å²) in [5.74, 6) is 0.402. The zero-order valence-corrected chi connectivity index (χ0v) is 17.2. The molecule has 1 amide bonds. The quantitative estimate of drug-likeness (QED) is 0.464. The van der Waals surface area contributed by atoms with Crippen LogP contribution in [0.1, 0.15) is 29.0 Å². The maximum atomic E-state index is 12.6. The van der Waals surface area contributed by atoms with Gasteiger partial charge in [0.25, 0.3) is 5.91 Å². The summed E-state index contributed by atoms with van der Waals surface area (Å²) in [6.07, 6.45) is 5.69. The minimum absolute atomic E-state index is 0.149. The molecule has 0 saturated heterocycles. The SMILES string of the molecule is CC(NC(=O)c1ccn(COc2cccc(Cl)c2)n1)c1ccc(-n2cccc2)cc1. The summed E-state index contributed by atoms with van der Waals surface area (Å²) < 4.78 is 9.24. The molecule has 1 unspecified atom stereocenters. The molecule has 2 aromatic heterocycles. The molecule has 0 radical (unpaired) electrons. The first-order valence-electron chi connectivity index (χ1n) is 9.54. The Labute approximate surface area is 179 Å². The number of amides is 1. The van der Waals surface area contributed by atoms with Crippen LogP contribution in [-0.4, -0.2) is 20.3 Å². The molecule has 0 aliphatic heterocycles. The van der Waals surface area contributed by atoms with Crippen LogP contribution in [-0.2, 0) is 6.73 Å². The van der Waals surface area contributed by atoms with Crippen LogP contribution in [0.3, 0.4) is 0 Å². The minimum atomic E-state index is -0.238. The van der Waals surface area contributed by atoms with E-state index >= 15 is 0 Å². The number of hydrogen-bond acceptors (Lipinski definition) is 3. The molecule has 0 aliphatic carbocycles. The topological polar surface area (TPSA) is 61.1 Å². The van der Waals surface area contributed by atoms with E-state index in [0.29, 0.717) is 16.5 Å². The number of nitrogens with one attached hydrogen (secondary N) is 1. The van der Waals surface area contributed by atoms with Gasteiger partial charge in [-0.15, -0.1) is 0 Å². The Kier molecular flexibility index (Phi) is 5.86. The van der Waals surface area contributed by atoms with Crippen LogP contribution < -0.4 is 10.1 Å². The van der Waals surface area contributed by atoms with Crippen LogP contribution in [0.4, 0.5) is 0 Å². The number of halogens is 1. The highest BCUT2D eigenvalue weighted by Crippen LogP contribution is 2.18. The lowest BCUT2D eigenvalue weighted by Crippen LogP contribution is -2.27. The number of hydrogen-bond donors (Lipinski definition) is 1. The number of rotatable bonds is 7. The van der Waals surface area contributed by atoms with Gasteiger partial charge in [-0.1, -0.05) is 29.8 Å². The highest BCUT2D eigenvalue weighted by atomic mass is 35.5. The van der Waals surface area contributed by atoms with E-state index in [1.54, 1.807) is 29.1 Å². The molecular formula is C23H21ClN4O2. The number of nitrogens with zero attached hydrogens (tertiary/aromatic N) is 3. The molecule has 0 saturated carbocycles. The Morgan fingerprint density at radius 3 is 2.57 bits per heavy atom. The summed E-state index contributed by atoms with van der Waals surface area (Å²) in [6, 6.07) is 20.7. The smallest absolute Gasteiger partial charge is 0.272 e. The van der Waals surface area contributed by atoms with Crippen molar-refractivity contribution in [2.45, 2.75) is 19.7 Å². The van der Waals surface area contributed by atoms with E-state index in [2.05, 4.69) is 10.4 Å². The van der Waals surface area contributed by atoms with Gasteiger partial charge in [-0.2, -0.15) is 5.10 Å². The van der Waals surface area contributed by atoms with Gasteiger partial charge in [-0.05, 0) is 61.0 Å². The van der Waals surface area contributed by atoms with Crippen molar-refractivity contribution in [1.29, 1.82) is 0 Å². The van der Waals surface area contributed by atoms with E-state index in [4.69, 9.17) is 16.3 Å². The van der Waals surface area contributed by atoms with Crippen LogP contribution in [0.2, 0.25) is 5.02 Å². The predicted molar refractivity (Wildman–Crippen MR) is 116 cm³/mol. The minimum Gasteiger partial charge on any atom is -0.471 e. The second-order valence-corrected chi connectivity index (χ2v) is 7.28. The number of ether oxygens (including phenoxy) is 1. The predicted octanol–water partition coefficient (Wildman–Crippen LogP) is 4.85. The number of carbonyl (C=O) groups is 1. The summed E-state index contributed by atoms with van der Waals surface area (Å²) in [6.45, 7) is 2.13. The normalized spacial score (nSPS) is 11.8. The van der Waals surface area contributed by atoms with Crippen molar-refractivity contribution in [3.05, 3.63) is 102 Å². The molecule has 6 nitrogen and oxygen atoms in total. The van der Waals surface area contributed by atoms with Crippen LogP contribution >= 0.6 is 11.6 Å². The summed E-state index contributed by atoms with van der Waals surface area (Å²) in [5.41, 5.74) is 2.42. The van der Waals surface area contributed by atoms with Crippen LogP contribution in [0, 0.1) is 0 Å². The van der Waals surface area contributed by atoms with Gasteiger partial charge in [0, 0.05) is 29.3 Å². The van der Waals surface area contributed by atoms with Gasteiger partial charge in [0.05, 0.1) is 6.04 Å². The first-order chi connectivity index (χ1) is 14.6. The molecule has 4 aromatic rings. The van der Waals surface area contributed by atoms with Crippen LogP contribution in [0.15, 0.2) is 85.3 Å². The molecule has 4 rings (SSSR count). The third-order valence-corrected chi connectivity index (χ3v) is 4.91. The lowest BCUT2D eigenvalue weighted by molar-refractivity contribution is 0.0932. The fraction of sp³-hybridized carbons (Fsp3) is 0.130. The van der Waals surface area contributed by atoms with Crippen molar-refractivity contribution in [3.8, 4) is 11.4 Å². The molecule has 0 bridgehead atoms. The molecule has 30 heavy (non-hydrogen) atoms. The van der Waals surface area contributed by atoms with Crippen LogP contribution in [0.25, 0.3) is 5.69 Å². The Morgan fingerprint density at radius 2 is 1.83 bits per heavy atom. The van der Waals surface area contributed by atoms with Crippen molar-refractivity contribution in [3.63, 3.8) is 0 Å². The molecule has 2 heterocycles. The molecule has 7 heteroatoms. The van der Waals surface area contributed by atoms with Crippen LogP contribution in [0.5, 0.6) is 5.75 Å². The fourth-order valence-electron chi connectivity index (χ4n) is 3.05. The zero-order valence-electron chi connectivity index (χ0n) is 16.4. The van der Waals surface area contributed by atoms with Gasteiger partial charge in [0.2, 0.25) is 0 Å². The second kappa shape index (κ2) is 8.88. The highest BCUT2D eigenvalue weighted by molar-refractivity contribution is 6.30. The standard InChI is InChI=1S/C23H21ClN4O2/c1-17(18-7-9-20(10-8-18)27-12-2-3-13-27)25-23(29)22-11-14-28(26-22)16-30-21-6-4-5-19(24)15-21/h2-15,17H,16H2,1H3,(H,25,29). The molecule has 0 fully saturated rings. The largest absolute Gasteiger partial charge is 0.471 e. The molecule has 0 spiro atoms. The number of carbonyl (C=O) groups excluding carboxylic acids is 1. The molecule has 152 valence electrons. The number of aromatic nitrogens is 3. The van der Waals surface area contributed by atoms with Crippen molar-refractivity contribution in [2.75, 3.05) is 0 Å². The van der Waals surface area contributed by atoms with E-state index in [-0.39, 0.29) is 18.7 Å². The maximum absolute atomic E-state index is 12.6. The molecule has 2 aromatic carbocycles. The monoisotopic (exact) mass is 420 g/mol. The third-order valence-electron chi connectivity index (χ3n) is 4.68. The van der Waals surface area contributed by atoms with Gasteiger partial charge in [0.15, 0.2) is 6.73 Å². The fourth-order valence-corrected chi connectivity index (χ4v) is 3.23. The van der Waals surface area contributed by atoms with E-state index in [1.165, 1.54) is 0 Å². The zero-order chi connectivity index (χ0) is 20.9. The van der Waals surface area contributed by atoms with E-state index in [1.807, 2.05) is 72.4 Å². The number of benzene rings is 2. The first-order valence-corrected chi connectivity index (χ1v) is 9.92. The lowest BCUT2D eigenvalue weighted by Gasteiger charge is -2.14. The van der Waals surface area contributed by atoms with Gasteiger partial charge in [0.1, 0.15) is 11.4 Å². The van der Waals surface area contributed by atoms with Gasteiger partial charge in [-0.25, -0.2) is 4.68 Å². The Hall–Kier alpha value is -3.51. The molecule has 1 atom stereocenters. The average Bonchev–Trinajstić information content (AvgIpc) is 3.45. The van der Waals surface area contributed by atoms with Gasteiger partial charge >= 0.3 is 0 Å². The Balaban J connectivity index is 1.34. The van der Waals surface area contributed by atoms with Crippen molar-refractivity contribution >= 4 is 17.5 Å². The van der Waals surface area contributed by atoms with E-state index < -0.39 is 0 Å². The summed E-state index contributed by atoms with van der Waals surface area (Å²) in [7, 11) is 0. The summed E-state index contributed by atoms with van der Waals surface area (Å²) in [5, 5.41) is 7.87. The molecule has 0 aliphatic rings. The second-order valence-electron chi connectivity index (χ2n) is 6.85. The lowest BCUT2D eigenvalue weighted by atomic mass is 10.1. The Morgan fingerprint density at radius 1 is 1.07 bits per heavy atom. The summed E-state index contributed by atoms with van der Waals surface area (Å²) in [4.78, 5) is 12.6.